The molecule has 5 nitrogen and oxygen atoms in total. The standard InChI is InChI=1S/C18H15F7N2O3/c1-29-9-13-3-2-11(8-26-13)15(28)27-12-4-6-14(7-5-12)30-10-16(19,20)17(21,22)18(23,24)25/h2-8H,9-10H2,1H3,(H,27,28). The summed E-state index contributed by atoms with van der Waals surface area (Å²) in [6.45, 7) is -1.93. The van der Waals surface area contributed by atoms with Gasteiger partial charge in [0.25, 0.3) is 5.91 Å². The van der Waals surface area contributed by atoms with Crippen molar-refractivity contribution in [2.45, 2.75) is 24.6 Å². The molecule has 1 aromatic carbocycles. The van der Waals surface area contributed by atoms with Crippen molar-refractivity contribution < 1.29 is 45.0 Å². The Morgan fingerprint density at radius 2 is 1.63 bits per heavy atom. The Balaban J connectivity index is 1.97. The molecule has 1 N–H and O–H groups in total. The fourth-order valence-corrected chi connectivity index (χ4v) is 2.10. The van der Waals surface area contributed by atoms with Crippen molar-refractivity contribution in [1.29, 1.82) is 0 Å². The summed E-state index contributed by atoms with van der Waals surface area (Å²) in [6, 6.07) is 7.51. The number of benzene rings is 1. The van der Waals surface area contributed by atoms with Gasteiger partial charge in [-0.2, -0.15) is 30.7 Å². The molecule has 1 aromatic heterocycles. The van der Waals surface area contributed by atoms with Gasteiger partial charge in [0.05, 0.1) is 17.9 Å². The number of carbonyl (C=O) groups is 1. The highest BCUT2D eigenvalue weighted by Crippen LogP contribution is 2.46. The quantitative estimate of drug-likeness (QED) is 0.605. The number of nitrogens with one attached hydrogen (secondary N) is 1. The van der Waals surface area contributed by atoms with Gasteiger partial charge >= 0.3 is 18.0 Å². The first-order valence-electron chi connectivity index (χ1n) is 8.18. The van der Waals surface area contributed by atoms with Gasteiger partial charge in [0.15, 0.2) is 6.61 Å². The molecule has 0 aliphatic rings. The lowest BCUT2D eigenvalue weighted by Gasteiger charge is -2.27. The minimum absolute atomic E-state index is 0.195. The number of methoxy groups -OCH3 is 1. The summed E-state index contributed by atoms with van der Waals surface area (Å²) in [5.74, 6) is -12.7. The first-order valence-corrected chi connectivity index (χ1v) is 8.18. The summed E-state index contributed by atoms with van der Waals surface area (Å²) in [4.78, 5) is 16.1. The maximum absolute atomic E-state index is 13.2. The lowest BCUT2D eigenvalue weighted by Crippen LogP contribution is -2.54. The van der Waals surface area contributed by atoms with Crippen molar-refractivity contribution in [3.8, 4) is 5.75 Å². The number of pyridine rings is 1. The summed E-state index contributed by atoms with van der Waals surface area (Å²) in [6.07, 6.45) is -5.12. The van der Waals surface area contributed by atoms with Gasteiger partial charge < -0.3 is 14.8 Å². The normalized spacial score (nSPS) is 12.5. The lowest BCUT2D eigenvalue weighted by atomic mass is 10.2. The third kappa shape index (κ3) is 5.38. The van der Waals surface area contributed by atoms with E-state index in [4.69, 9.17) is 4.74 Å². The van der Waals surface area contributed by atoms with Gasteiger partial charge in [-0.3, -0.25) is 9.78 Å². The predicted octanol–water partition coefficient (Wildman–Crippen LogP) is 4.69. The number of alkyl halides is 7. The van der Waals surface area contributed by atoms with E-state index in [1.165, 1.54) is 31.5 Å². The van der Waals surface area contributed by atoms with Crippen LogP contribution in [0.15, 0.2) is 42.6 Å². The number of carbonyl (C=O) groups excluding carboxylic acids is 1. The van der Waals surface area contributed by atoms with Crippen LogP contribution in [0.3, 0.4) is 0 Å². The number of halogens is 7. The average Bonchev–Trinajstić information content (AvgIpc) is 2.67. The molecule has 30 heavy (non-hydrogen) atoms. The third-order valence-corrected chi connectivity index (χ3v) is 3.73. The minimum atomic E-state index is -6.43. The second-order valence-electron chi connectivity index (χ2n) is 6.02. The monoisotopic (exact) mass is 440 g/mol. The SMILES string of the molecule is COCc1ccc(C(=O)Nc2ccc(OCC(F)(F)C(F)(F)C(F)(F)F)cc2)cn1. The molecule has 0 atom stereocenters. The van der Waals surface area contributed by atoms with Gasteiger partial charge in [0.1, 0.15) is 5.75 Å². The number of hydrogen-bond acceptors (Lipinski definition) is 4. The summed E-state index contributed by atoms with van der Waals surface area (Å²) < 4.78 is 97.7. The molecule has 0 saturated carbocycles. The summed E-state index contributed by atoms with van der Waals surface area (Å²) in [5, 5.41) is 2.47. The Morgan fingerprint density at radius 3 is 2.13 bits per heavy atom. The fraction of sp³-hybridized carbons (Fsp3) is 0.333. The van der Waals surface area contributed by atoms with E-state index in [0.717, 1.165) is 12.1 Å². The first kappa shape index (κ1) is 23.4. The number of rotatable bonds is 8. The topological polar surface area (TPSA) is 60.5 Å². The van der Waals surface area contributed by atoms with Gasteiger partial charge in [0.2, 0.25) is 0 Å². The van der Waals surface area contributed by atoms with Crippen molar-refractivity contribution in [2.24, 2.45) is 0 Å². The van der Waals surface area contributed by atoms with Crippen molar-refractivity contribution in [2.75, 3.05) is 19.0 Å². The molecule has 0 unspecified atom stereocenters. The van der Waals surface area contributed by atoms with E-state index in [-0.39, 0.29) is 17.9 Å². The maximum Gasteiger partial charge on any atom is 0.460 e. The Kier molecular flexibility index (Phi) is 6.91. The van der Waals surface area contributed by atoms with E-state index in [2.05, 4.69) is 15.0 Å². The molecular formula is C18H15F7N2O3. The summed E-state index contributed by atoms with van der Waals surface area (Å²) in [5.41, 5.74) is 1.01. The molecule has 2 aromatic rings. The molecular weight excluding hydrogens is 425 g/mol. The van der Waals surface area contributed by atoms with E-state index in [1.807, 2.05) is 0 Å². The highest BCUT2D eigenvalue weighted by molar-refractivity contribution is 6.04. The molecule has 12 heteroatoms. The zero-order valence-corrected chi connectivity index (χ0v) is 15.3. The Labute approximate surface area is 165 Å². The van der Waals surface area contributed by atoms with E-state index in [9.17, 15) is 35.5 Å². The van der Waals surface area contributed by atoms with Crippen LogP contribution in [-0.4, -0.2) is 42.6 Å². The molecule has 1 heterocycles. The predicted molar refractivity (Wildman–Crippen MR) is 90.8 cm³/mol. The first-order chi connectivity index (χ1) is 13.9. The number of anilines is 1. The highest BCUT2D eigenvalue weighted by atomic mass is 19.4. The Hall–Kier alpha value is -2.89. The van der Waals surface area contributed by atoms with Gasteiger partial charge in [-0.05, 0) is 36.4 Å². The van der Waals surface area contributed by atoms with Crippen LogP contribution in [-0.2, 0) is 11.3 Å². The number of ether oxygens (including phenoxy) is 2. The van der Waals surface area contributed by atoms with Gasteiger partial charge in [-0.1, -0.05) is 0 Å². The van der Waals surface area contributed by atoms with Crippen LogP contribution < -0.4 is 10.1 Å². The van der Waals surface area contributed by atoms with Crippen LogP contribution >= 0.6 is 0 Å². The smallest absolute Gasteiger partial charge is 0.460 e. The molecule has 0 aliphatic heterocycles. The van der Waals surface area contributed by atoms with Crippen LogP contribution in [0.5, 0.6) is 5.75 Å². The van der Waals surface area contributed by atoms with E-state index < -0.39 is 36.3 Å². The Bertz CT molecular complexity index is 854. The molecule has 0 fully saturated rings. The number of aromatic nitrogens is 1. The molecule has 0 aliphatic carbocycles. The molecule has 2 rings (SSSR count). The highest BCUT2D eigenvalue weighted by Gasteiger charge is 2.73. The zero-order chi connectivity index (χ0) is 22.6. The van der Waals surface area contributed by atoms with E-state index in [0.29, 0.717) is 5.69 Å². The molecule has 0 radical (unpaired) electrons. The Morgan fingerprint density at radius 1 is 1.00 bits per heavy atom. The van der Waals surface area contributed by atoms with Crippen LogP contribution in [0.2, 0.25) is 0 Å². The van der Waals surface area contributed by atoms with Crippen LogP contribution in [0.4, 0.5) is 36.4 Å². The number of nitrogens with zero attached hydrogens (tertiary/aromatic N) is 1. The van der Waals surface area contributed by atoms with Crippen molar-refractivity contribution >= 4 is 11.6 Å². The lowest BCUT2D eigenvalue weighted by molar-refractivity contribution is -0.358. The van der Waals surface area contributed by atoms with Crippen molar-refractivity contribution in [3.63, 3.8) is 0 Å². The second kappa shape index (κ2) is 8.86. The molecule has 0 bridgehead atoms. The molecule has 0 spiro atoms. The van der Waals surface area contributed by atoms with E-state index >= 15 is 0 Å². The summed E-state index contributed by atoms with van der Waals surface area (Å²) >= 11 is 0. The van der Waals surface area contributed by atoms with Gasteiger partial charge in [-0.25, -0.2) is 0 Å². The molecule has 164 valence electrons. The fourth-order valence-electron chi connectivity index (χ4n) is 2.10. The largest absolute Gasteiger partial charge is 0.487 e. The van der Waals surface area contributed by atoms with Crippen LogP contribution in [0, 0.1) is 0 Å². The van der Waals surface area contributed by atoms with Gasteiger partial charge in [-0.15, -0.1) is 0 Å². The van der Waals surface area contributed by atoms with Crippen molar-refractivity contribution in [1.82, 2.24) is 4.98 Å². The van der Waals surface area contributed by atoms with E-state index in [1.54, 1.807) is 6.07 Å². The zero-order valence-electron chi connectivity index (χ0n) is 15.3. The number of amides is 1. The van der Waals surface area contributed by atoms with Crippen LogP contribution in [0.25, 0.3) is 0 Å². The summed E-state index contributed by atoms with van der Waals surface area (Å²) in [7, 11) is 1.48. The van der Waals surface area contributed by atoms with Crippen LogP contribution in [0.1, 0.15) is 16.1 Å². The van der Waals surface area contributed by atoms with Gasteiger partial charge in [0, 0.05) is 19.0 Å². The third-order valence-electron chi connectivity index (χ3n) is 3.73. The second-order valence-corrected chi connectivity index (χ2v) is 6.02. The van der Waals surface area contributed by atoms with Crippen molar-refractivity contribution in [3.05, 3.63) is 53.9 Å². The maximum atomic E-state index is 13.2. The molecule has 0 saturated heterocycles. The average molecular weight is 440 g/mol. The molecule has 1 amide bonds. The number of hydrogen-bond donors (Lipinski definition) is 1. The minimum Gasteiger partial charge on any atom is -0.487 e.